The highest BCUT2D eigenvalue weighted by Gasteiger charge is 2.30. The molecule has 0 radical (unpaired) electrons. The van der Waals surface area contributed by atoms with Crippen LogP contribution >= 0.6 is 0 Å². The lowest BCUT2D eigenvalue weighted by atomic mass is 9.98. The summed E-state index contributed by atoms with van der Waals surface area (Å²) in [4.78, 5) is 23.6. The maximum absolute atomic E-state index is 13.0. The summed E-state index contributed by atoms with van der Waals surface area (Å²) in [6.07, 6.45) is 1.49. The number of rotatable bonds is 6. The Morgan fingerprint density at radius 3 is 2.48 bits per heavy atom. The number of aromatic nitrogens is 2. The molecule has 3 aromatic rings. The normalized spacial score (nSPS) is 16.8. The first-order valence-electron chi connectivity index (χ1n) is 10.2. The summed E-state index contributed by atoms with van der Waals surface area (Å²) in [6, 6.07) is 15.4. The molecule has 1 aliphatic heterocycles. The molecule has 1 fully saturated rings. The van der Waals surface area contributed by atoms with Gasteiger partial charge in [-0.2, -0.15) is 0 Å². The molecule has 1 N–H and O–H groups in total. The van der Waals surface area contributed by atoms with Gasteiger partial charge in [0.25, 0.3) is 10.0 Å². The third kappa shape index (κ3) is 4.61. The molecule has 1 unspecified atom stereocenters. The van der Waals surface area contributed by atoms with Gasteiger partial charge in [0.1, 0.15) is 0 Å². The van der Waals surface area contributed by atoms with Gasteiger partial charge in [-0.1, -0.05) is 30.3 Å². The second kappa shape index (κ2) is 8.89. The van der Waals surface area contributed by atoms with Crippen LogP contribution in [-0.2, 0) is 19.6 Å². The molecule has 162 valence electrons. The lowest BCUT2D eigenvalue weighted by Crippen LogP contribution is -2.40. The zero-order valence-corrected chi connectivity index (χ0v) is 18.0. The Morgan fingerprint density at radius 2 is 1.77 bits per heavy atom. The van der Waals surface area contributed by atoms with Gasteiger partial charge in [-0.05, 0) is 44.0 Å². The average Bonchev–Trinajstić information content (AvgIpc) is 2.79. The standard InChI is InChI=1S/C22H24N4O4S/c1-2-30-22(27)16-9-8-14-26(15-16)21-20(23-18-12-6-7-13-19(18)24-21)25-31(28,29)17-10-4-3-5-11-17/h3-7,10-13,16H,2,8-9,14-15H2,1H3,(H,23,25). The minimum atomic E-state index is -3.85. The van der Waals surface area contributed by atoms with Gasteiger partial charge >= 0.3 is 5.97 Å². The van der Waals surface area contributed by atoms with Gasteiger partial charge in [0, 0.05) is 13.1 Å². The number of para-hydroxylation sites is 2. The van der Waals surface area contributed by atoms with E-state index in [1.807, 2.05) is 23.1 Å². The Balaban J connectivity index is 1.73. The molecule has 1 atom stereocenters. The number of carbonyl (C=O) groups excluding carboxylic acids is 1. The van der Waals surface area contributed by atoms with Crippen LogP contribution in [0.4, 0.5) is 11.6 Å². The molecule has 1 saturated heterocycles. The van der Waals surface area contributed by atoms with Crippen LogP contribution in [0.5, 0.6) is 0 Å². The molecule has 2 heterocycles. The third-order valence-electron chi connectivity index (χ3n) is 5.18. The second-order valence-electron chi connectivity index (χ2n) is 7.34. The first-order chi connectivity index (χ1) is 15.0. The summed E-state index contributed by atoms with van der Waals surface area (Å²) in [6.45, 7) is 3.14. The molecular formula is C22H24N4O4S. The molecule has 0 spiro atoms. The molecule has 0 amide bonds. The predicted molar refractivity (Wildman–Crippen MR) is 118 cm³/mol. The van der Waals surface area contributed by atoms with Crippen molar-refractivity contribution in [3.8, 4) is 0 Å². The van der Waals surface area contributed by atoms with Crippen LogP contribution in [0.15, 0.2) is 59.5 Å². The largest absolute Gasteiger partial charge is 0.466 e. The van der Waals surface area contributed by atoms with E-state index in [-0.39, 0.29) is 22.6 Å². The Kier molecular flexibility index (Phi) is 6.03. The molecule has 31 heavy (non-hydrogen) atoms. The highest BCUT2D eigenvalue weighted by atomic mass is 32.2. The maximum Gasteiger partial charge on any atom is 0.310 e. The van der Waals surface area contributed by atoms with Gasteiger partial charge in [0.05, 0.1) is 28.5 Å². The van der Waals surface area contributed by atoms with Crippen molar-refractivity contribution in [1.29, 1.82) is 0 Å². The van der Waals surface area contributed by atoms with E-state index in [4.69, 9.17) is 9.72 Å². The van der Waals surface area contributed by atoms with Gasteiger partial charge in [0.2, 0.25) is 0 Å². The molecule has 1 aromatic heterocycles. The lowest BCUT2D eigenvalue weighted by molar-refractivity contribution is -0.148. The summed E-state index contributed by atoms with van der Waals surface area (Å²) in [5.41, 5.74) is 1.23. The van der Waals surface area contributed by atoms with Gasteiger partial charge in [-0.15, -0.1) is 0 Å². The number of anilines is 2. The SMILES string of the molecule is CCOC(=O)C1CCCN(c2nc3ccccc3nc2NS(=O)(=O)c2ccccc2)C1. The topological polar surface area (TPSA) is 101 Å². The summed E-state index contributed by atoms with van der Waals surface area (Å²) in [7, 11) is -3.85. The molecule has 0 aliphatic carbocycles. The highest BCUT2D eigenvalue weighted by molar-refractivity contribution is 7.92. The molecule has 0 saturated carbocycles. The van der Waals surface area contributed by atoms with Crippen molar-refractivity contribution in [3.63, 3.8) is 0 Å². The first kappa shape index (κ1) is 21.0. The van der Waals surface area contributed by atoms with Crippen molar-refractivity contribution in [2.45, 2.75) is 24.7 Å². The molecule has 2 aromatic carbocycles. The van der Waals surface area contributed by atoms with E-state index in [1.165, 1.54) is 12.1 Å². The van der Waals surface area contributed by atoms with E-state index in [0.29, 0.717) is 36.5 Å². The average molecular weight is 441 g/mol. The number of piperidine rings is 1. The summed E-state index contributed by atoms with van der Waals surface area (Å²) in [5, 5.41) is 0. The monoisotopic (exact) mass is 440 g/mol. The summed E-state index contributed by atoms with van der Waals surface area (Å²) in [5.74, 6) is 0.0205. The summed E-state index contributed by atoms with van der Waals surface area (Å²) >= 11 is 0. The quantitative estimate of drug-likeness (QED) is 0.587. The van der Waals surface area contributed by atoms with Crippen LogP contribution in [0.1, 0.15) is 19.8 Å². The van der Waals surface area contributed by atoms with Crippen molar-refractivity contribution in [2.24, 2.45) is 5.92 Å². The van der Waals surface area contributed by atoms with Crippen LogP contribution in [0, 0.1) is 5.92 Å². The Hall–Kier alpha value is -3.20. The van der Waals surface area contributed by atoms with Gasteiger partial charge in [-0.25, -0.2) is 18.4 Å². The van der Waals surface area contributed by atoms with Crippen LogP contribution in [0.25, 0.3) is 11.0 Å². The van der Waals surface area contributed by atoms with Gasteiger partial charge in [0.15, 0.2) is 11.6 Å². The number of fused-ring (bicyclic) bond motifs is 1. The summed E-state index contributed by atoms with van der Waals surface area (Å²) < 4.78 is 33.7. The van der Waals surface area contributed by atoms with E-state index in [1.54, 1.807) is 31.2 Å². The number of hydrogen-bond acceptors (Lipinski definition) is 7. The van der Waals surface area contributed by atoms with Crippen LogP contribution in [0.3, 0.4) is 0 Å². The maximum atomic E-state index is 13.0. The Bertz CT molecular complexity index is 1180. The number of benzene rings is 2. The predicted octanol–water partition coefficient (Wildman–Crippen LogP) is 3.21. The van der Waals surface area contributed by atoms with Crippen molar-refractivity contribution in [3.05, 3.63) is 54.6 Å². The number of nitrogens with zero attached hydrogens (tertiary/aromatic N) is 3. The third-order valence-corrected chi connectivity index (χ3v) is 6.53. The molecule has 8 nitrogen and oxygen atoms in total. The number of esters is 1. The van der Waals surface area contributed by atoms with Gasteiger partial charge < -0.3 is 9.64 Å². The minimum Gasteiger partial charge on any atom is -0.466 e. The van der Waals surface area contributed by atoms with E-state index >= 15 is 0 Å². The van der Waals surface area contributed by atoms with E-state index < -0.39 is 10.0 Å². The number of sulfonamides is 1. The smallest absolute Gasteiger partial charge is 0.310 e. The van der Waals surface area contributed by atoms with Crippen LogP contribution in [0.2, 0.25) is 0 Å². The van der Waals surface area contributed by atoms with Crippen molar-refractivity contribution >= 4 is 38.7 Å². The Labute approximate surface area is 181 Å². The van der Waals surface area contributed by atoms with E-state index in [9.17, 15) is 13.2 Å². The molecule has 1 aliphatic rings. The first-order valence-corrected chi connectivity index (χ1v) is 11.7. The zero-order chi connectivity index (χ0) is 21.8. The van der Waals surface area contributed by atoms with Crippen molar-refractivity contribution < 1.29 is 17.9 Å². The van der Waals surface area contributed by atoms with Crippen molar-refractivity contribution in [2.75, 3.05) is 29.3 Å². The van der Waals surface area contributed by atoms with E-state index in [2.05, 4.69) is 9.71 Å². The van der Waals surface area contributed by atoms with Crippen molar-refractivity contribution in [1.82, 2.24) is 9.97 Å². The number of carbonyl (C=O) groups is 1. The zero-order valence-electron chi connectivity index (χ0n) is 17.2. The van der Waals surface area contributed by atoms with Crippen LogP contribution in [-0.4, -0.2) is 44.1 Å². The fraction of sp³-hybridized carbons (Fsp3) is 0.318. The molecule has 4 rings (SSSR count). The lowest BCUT2D eigenvalue weighted by Gasteiger charge is -2.33. The minimum absolute atomic E-state index is 0.138. The van der Waals surface area contributed by atoms with Gasteiger partial charge in [-0.3, -0.25) is 9.52 Å². The number of ether oxygens (including phenoxy) is 1. The number of hydrogen-bond donors (Lipinski definition) is 1. The highest BCUT2D eigenvalue weighted by Crippen LogP contribution is 2.31. The molecule has 9 heteroatoms. The fourth-order valence-corrected chi connectivity index (χ4v) is 4.71. The fourth-order valence-electron chi connectivity index (χ4n) is 3.69. The van der Waals surface area contributed by atoms with E-state index in [0.717, 1.165) is 12.8 Å². The Morgan fingerprint density at radius 1 is 1.10 bits per heavy atom. The molecule has 0 bridgehead atoms. The second-order valence-corrected chi connectivity index (χ2v) is 9.02. The number of nitrogens with one attached hydrogen (secondary N) is 1. The van der Waals surface area contributed by atoms with Crippen LogP contribution < -0.4 is 9.62 Å². The molecular weight excluding hydrogens is 416 g/mol.